The summed E-state index contributed by atoms with van der Waals surface area (Å²) < 4.78 is 0. The molecule has 0 saturated heterocycles. The molecule has 0 spiro atoms. The van der Waals surface area contributed by atoms with Gasteiger partial charge in [-0.3, -0.25) is 0 Å². The van der Waals surface area contributed by atoms with E-state index in [1.165, 1.54) is 0 Å². The van der Waals surface area contributed by atoms with Gasteiger partial charge in [0.2, 0.25) is 0 Å². The maximum absolute atomic E-state index is 0. The molecular formula is H3ErGaScY. The molecule has 0 fully saturated rings. The molecule has 0 nitrogen and oxygen atoms in total. The second-order valence-electron chi connectivity index (χ2n) is 0. The second kappa shape index (κ2) is 15.8. The summed E-state index contributed by atoms with van der Waals surface area (Å²) in [6.45, 7) is 0. The van der Waals surface area contributed by atoms with Gasteiger partial charge in [-0.1, -0.05) is 0 Å². The van der Waals surface area contributed by atoms with Crippen LogP contribution in [0.5, 0.6) is 0 Å². The molecule has 0 atom stereocenters. The topological polar surface area (TPSA) is 0 Å². The van der Waals surface area contributed by atoms with Gasteiger partial charge < -0.3 is 0 Å². The summed E-state index contributed by atoms with van der Waals surface area (Å²) in [5.41, 5.74) is 0. The average molecular weight is 374 g/mol. The third kappa shape index (κ3) is 9.29. The number of hydrogen-bond donors (Lipinski definition) is 0. The Hall–Kier alpha value is 3.86. The van der Waals surface area contributed by atoms with Crippen LogP contribution in [-0.2, 0) is 58.6 Å². The number of hydrogen-bond acceptors (Lipinski definition) is 0. The normalized spacial score (nSPS) is 0. The van der Waals surface area contributed by atoms with Gasteiger partial charge in [0, 0.05) is 95.9 Å². The first kappa shape index (κ1) is 24.8. The third-order valence-electron chi connectivity index (χ3n) is 0. The van der Waals surface area contributed by atoms with Crippen molar-refractivity contribution >= 4 is 19.8 Å². The predicted octanol–water partition coefficient (Wildman–Crippen LogP) is -1.19. The molecule has 0 N–H and O–H groups in total. The van der Waals surface area contributed by atoms with Crippen molar-refractivity contribution in [1.82, 2.24) is 0 Å². The van der Waals surface area contributed by atoms with Crippen LogP contribution in [0.3, 0.4) is 0 Å². The van der Waals surface area contributed by atoms with Gasteiger partial charge >= 0.3 is 19.8 Å². The van der Waals surface area contributed by atoms with E-state index < -0.39 is 0 Å². The Labute approximate surface area is 113 Å². The van der Waals surface area contributed by atoms with Gasteiger partial charge in [0.25, 0.3) is 0 Å². The van der Waals surface area contributed by atoms with E-state index in [0.29, 0.717) is 0 Å². The maximum Gasteiger partial charge on any atom is 0 e. The van der Waals surface area contributed by atoms with Crippen molar-refractivity contribution in [1.29, 1.82) is 0 Å². The fourth-order valence-electron chi connectivity index (χ4n) is 0. The van der Waals surface area contributed by atoms with Crippen molar-refractivity contribution in [3.63, 3.8) is 0 Å². The smallest absolute Gasteiger partial charge is 0 e. The van der Waals surface area contributed by atoms with Gasteiger partial charge in [-0.25, -0.2) is 0 Å². The first-order chi connectivity index (χ1) is 0. The minimum absolute atomic E-state index is 0. The molecule has 0 rings (SSSR count). The Balaban J connectivity index is 0. The summed E-state index contributed by atoms with van der Waals surface area (Å²) >= 11 is 0. The molecule has 0 aliphatic heterocycles. The van der Waals surface area contributed by atoms with E-state index in [1.807, 2.05) is 0 Å². The maximum atomic E-state index is 0. The zero-order chi connectivity index (χ0) is 0. The van der Waals surface area contributed by atoms with Gasteiger partial charge in [0.15, 0.2) is 0 Å². The second-order valence-corrected chi connectivity index (χ2v) is 0. The van der Waals surface area contributed by atoms with Gasteiger partial charge in [-0.2, -0.15) is 0 Å². The SMILES string of the molecule is [Er].[GaH3].[Sc].[Y]. The van der Waals surface area contributed by atoms with Crippen LogP contribution < -0.4 is 0 Å². The van der Waals surface area contributed by atoms with Crippen LogP contribution in [0.15, 0.2) is 0 Å². The zero-order valence-corrected chi connectivity index (χ0v) is 7.94. The van der Waals surface area contributed by atoms with E-state index >= 15 is 0 Å². The van der Waals surface area contributed by atoms with Crippen LogP contribution in [0.1, 0.15) is 0 Å². The molecule has 0 amide bonds. The van der Waals surface area contributed by atoms with Crippen molar-refractivity contribution in [3.8, 4) is 0 Å². The Morgan fingerprint density at radius 2 is 1.00 bits per heavy atom. The van der Waals surface area contributed by atoms with E-state index in [0.717, 1.165) is 0 Å². The van der Waals surface area contributed by atoms with Gasteiger partial charge in [0.1, 0.15) is 0 Å². The summed E-state index contributed by atoms with van der Waals surface area (Å²) in [7, 11) is 0. The van der Waals surface area contributed by atoms with Gasteiger partial charge in [-0.15, -0.1) is 0 Å². The van der Waals surface area contributed by atoms with Crippen molar-refractivity contribution in [2.24, 2.45) is 0 Å². The molecule has 0 aliphatic rings. The summed E-state index contributed by atoms with van der Waals surface area (Å²) in [6, 6.07) is 0. The van der Waals surface area contributed by atoms with Crippen molar-refractivity contribution in [2.45, 2.75) is 0 Å². The van der Waals surface area contributed by atoms with Crippen LogP contribution >= 0.6 is 0 Å². The monoisotopic (exact) mass is 372 g/mol. The van der Waals surface area contributed by atoms with Crippen LogP contribution in [0, 0.1) is 37.3 Å². The minimum atomic E-state index is 0. The summed E-state index contributed by atoms with van der Waals surface area (Å²) in [5.74, 6) is 0. The van der Waals surface area contributed by atoms with E-state index in [2.05, 4.69) is 0 Å². The Morgan fingerprint density at radius 1 is 1.00 bits per heavy atom. The third-order valence-corrected chi connectivity index (χ3v) is 0. The molecule has 0 aromatic heterocycles. The van der Waals surface area contributed by atoms with Crippen LogP contribution in [0.25, 0.3) is 0 Å². The molecule has 0 aliphatic carbocycles. The molecule has 0 saturated carbocycles. The van der Waals surface area contributed by atoms with E-state index in [4.69, 9.17) is 0 Å². The molecule has 4 heteroatoms. The molecule has 0 aromatic carbocycles. The first-order valence-electron chi connectivity index (χ1n) is 0. The Kier molecular flexibility index (Phi) is 98.2. The molecule has 0 unspecified atom stereocenters. The van der Waals surface area contributed by atoms with Crippen molar-refractivity contribution in [2.75, 3.05) is 0 Å². The van der Waals surface area contributed by atoms with Crippen molar-refractivity contribution < 1.29 is 95.9 Å². The van der Waals surface area contributed by atoms with Gasteiger partial charge in [-0.05, 0) is 0 Å². The number of rotatable bonds is 0. The predicted molar refractivity (Wildman–Crippen MR) is 9.94 cm³/mol. The summed E-state index contributed by atoms with van der Waals surface area (Å²) in [5, 5.41) is 0. The molecule has 0 bridgehead atoms. The largest absolute Gasteiger partial charge is 0 e. The molecule has 2 radical (unpaired) electrons. The van der Waals surface area contributed by atoms with Crippen LogP contribution in [0.2, 0.25) is 0 Å². The molecular weight excluding hydrogens is 371 g/mol. The fraction of sp³-hybridized carbons (Fsp3) is 0. The van der Waals surface area contributed by atoms with E-state index in [1.54, 1.807) is 0 Å². The van der Waals surface area contributed by atoms with E-state index in [-0.39, 0.29) is 116 Å². The first-order valence-corrected chi connectivity index (χ1v) is 0. The molecule has 0 heterocycles. The standard InChI is InChI=1S/Er.Ga.Sc.Y.3H. The summed E-state index contributed by atoms with van der Waals surface area (Å²) in [6.07, 6.45) is 0. The van der Waals surface area contributed by atoms with Crippen molar-refractivity contribution in [3.05, 3.63) is 0 Å². The fourth-order valence-corrected chi connectivity index (χ4v) is 0. The Morgan fingerprint density at radius 3 is 1.00 bits per heavy atom. The van der Waals surface area contributed by atoms with Gasteiger partial charge in [0.05, 0.1) is 0 Å². The van der Waals surface area contributed by atoms with Crippen LogP contribution in [-0.4, -0.2) is 19.8 Å². The average Bonchev–Trinajstić information content (AvgIpc) is 0. The van der Waals surface area contributed by atoms with Crippen LogP contribution in [0.4, 0.5) is 0 Å². The molecule has 24 valence electrons. The summed E-state index contributed by atoms with van der Waals surface area (Å²) in [4.78, 5) is 0. The minimum Gasteiger partial charge on any atom is 0 e. The zero-order valence-electron chi connectivity index (χ0n) is 1.44. The van der Waals surface area contributed by atoms with E-state index in [9.17, 15) is 0 Å². The molecule has 4 heavy (non-hydrogen) atoms. The quantitative estimate of drug-likeness (QED) is 0.469. The Bertz CT molecular complexity index is 8.00. The molecule has 0 aromatic rings.